The summed E-state index contributed by atoms with van der Waals surface area (Å²) in [5.74, 6) is -1.78. The van der Waals surface area contributed by atoms with Crippen molar-refractivity contribution in [2.45, 2.75) is 231 Å². The average Bonchev–Trinajstić information content (AvgIpc) is 3.29. The fourth-order valence-corrected chi connectivity index (χ4v) is 7.80. The monoisotopic (exact) mass is 934 g/mol. The molecule has 0 amide bonds. The number of ether oxygens (including phenoxy) is 2. The molecule has 0 heterocycles. The Morgan fingerprint density at radius 1 is 0.508 bits per heavy atom. The van der Waals surface area contributed by atoms with Gasteiger partial charge in [-0.1, -0.05) is 222 Å². The molecule has 3 unspecified atom stereocenters. The van der Waals surface area contributed by atoms with Crippen molar-refractivity contribution in [2.24, 2.45) is 5.73 Å². The van der Waals surface area contributed by atoms with E-state index in [2.05, 4.69) is 86.8 Å². The fraction of sp³-hybridized carbons (Fsp3) is 0.741. The van der Waals surface area contributed by atoms with Crippen LogP contribution < -0.4 is 5.73 Å². The Balaban J connectivity index is 4.19. The largest absolute Gasteiger partial charge is 0.480 e. The van der Waals surface area contributed by atoms with Crippen LogP contribution in [0.5, 0.6) is 0 Å². The summed E-state index contributed by atoms with van der Waals surface area (Å²) in [5, 5.41) is 8.93. The van der Waals surface area contributed by atoms with Gasteiger partial charge < -0.3 is 25.2 Å². The van der Waals surface area contributed by atoms with E-state index >= 15 is 0 Å². The SMILES string of the molecule is CC/C=C\C/C=C\C/C=C\C/C=C\C/C=C\C/C=C\CCCCCCCOCC(COP(=O)(O)OCC(N)C(=O)O)OC(=O)CCCCCCCCCCCCCCCCCCCCC. The molecule has 0 aromatic carbocycles. The molecule has 0 fully saturated rings. The Morgan fingerprint density at radius 3 is 1.34 bits per heavy atom. The van der Waals surface area contributed by atoms with Crippen molar-refractivity contribution < 1.29 is 42.7 Å². The van der Waals surface area contributed by atoms with E-state index < -0.39 is 45.1 Å². The minimum atomic E-state index is -4.63. The van der Waals surface area contributed by atoms with Crippen molar-refractivity contribution in [3.05, 3.63) is 72.9 Å². The van der Waals surface area contributed by atoms with Crippen molar-refractivity contribution in [1.82, 2.24) is 0 Å². The Labute approximate surface area is 397 Å². The lowest BCUT2D eigenvalue weighted by molar-refractivity contribution is -0.154. The highest BCUT2D eigenvalue weighted by Gasteiger charge is 2.27. The predicted octanol–water partition coefficient (Wildman–Crippen LogP) is 15.3. The zero-order chi connectivity index (χ0) is 47.6. The number of carbonyl (C=O) groups is 2. The average molecular weight is 934 g/mol. The van der Waals surface area contributed by atoms with E-state index in [1.165, 1.54) is 103 Å². The van der Waals surface area contributed by atoms with Crippen LogP contribution in [0.1, 0.15) is 219 Å². The minimum absolute atomic E-state index is 0.00224. The molecule has 11 heteroatoms. The first-order chi connectivity index (χ1) is 31.7. The zero-order valence-electron chi connectivity index (χ0n) is 41.3. The van der Waals surface area contributed by atoms with Crippen LogP contribution in [0.25, 0.3) is 0 Å². The van der Waals surface area contributed by atoms with Crippen molar-refractivity contribution >= 4 is 19.8 Å². The number of aliphatic carboxylic acids is 1. The smallest absolute Gasteiger partial charge is 0.472 e. The van der Waals surface area contributed by atoms with Crippen molar-refractivity contribution in [2.75, 3.05) is 26.4 Å². The predicted molar refractivity (Wildman–Crippen MR) is 272 cm³/mol. The third-order valence-electron chi connectivity index (χ3n) is 11.0. The molecule has 0 aliphatic heterocycles. The summed E-state index contributed by atoms with van der Waals surface area (Å²) < 4.78 is 33.5. The number of carboxylic acid groups (broad SMARTS) is 1. The lowest BCUT2D eigenvalue weighted by Gasteiger charge is -2.20. The van der Waals surface area contributed by atoms with Gasteiger partial charge in [0.1, 0.15) is 12.1 Å². The van der Waals surface area contributed by atoms with Crippen LogP contribution in [-0.2, 0) is 32.7 Å². The second-order valence-electron chi connectivity index (χ2n) is 17.3. The summed E-state index contributed by atoms with van der Waals surface area (Å²) in [5.41, 5.74) is 5.38. The number of unbranched alkanes of at least 4 members (excludes halogenated alkanes) is 23. The Hall–Kier alpha value is -2.59. The highest BCUT2D eigenvalue weighted by atomic mass is 31.2. The highest BCUT2D eigenvalue weighted by Crippen LogP contribution is 2.43. The maximum Gasteiger partial charge on any atom is 0.472 e. The molecule has 0 aliphatic rings. The van der Waals surface area contributed by atoms with Gasteiger partial charge in [0.05, 0.1) is 19.8 Å². The fourth-order valence-electron chi connectivity index (χ4n) is 7.02. The summed E-state index contributed by atoms with van der Waals surface area (Å²) >= 11 is 0. The molecule has 0 aromatic heterocycles. The molecule has 0 saturated heterocycles. The number of phosphoric acid groups is 1. The molecule has 0 saturated carbocycles. The Morgan fingerprint density at radius 2 is 0.892 bits per heavy atom. The second-order valence-corrected chi connectivity index (χ2v) is 18.7. The van der Waals surface area contributed by atoms with Crippen LogP contribution in [0.3, 0.4) is 0 Å². The van der Waals surface area contributed by atoms with Gasteiger partial charge in [0.2, 0.25) is 0 Å². The van der Waals surface area contributed by atoms with Gasteiger partial charge in [-0.2, -0.15) is 0 Å². The summed E-state index contributed by atoms with van der Waals surface area (Å²) in [6.45, 7) is 3.74. The topological polar surface area (TPSA) is 155 Å². The Kier molecular flexibility index (Phi) is 47.4. The van der Waals surface area contributed by atoms with E-state index in [0.717, 1.165) is 89.9 Å². The maximum atomic E-state index is 12.7. The van der Waals surface area contributed by atoms with Crippen LogP contribution in [0.15, 0.2) is 72.9 Å². The number of esters is 1. The van der Waals surface area contributed by atoms with Gasteiger partial charge in [0.15, 0.2) is 0 Å². The quantitative estimate of drug-likeness (QED) is 0.0232. The summed E-state index contributed by atoms with van der Waals surface area (Å²) in [4.78, 5) is 33.7. The second kappa shape index (κ2) is 49.3. The number of rotatable bonds is 49. The summed E-state index contributed by atoms with van der Waals surface area (Å²) in [6, 6.07) is -1.48. The lowest BCUT2D eigenvalue weighted by atomic mass is 10.0. The number of nitrogens with two attached hydrogens (primary N) is 1. The molecule has 0 rings (SSSR count). The molecule has 65 heavy (non-hydrogen) atoms. The van der Waals surface area contributed by atoms with Gasteiger partial charge in [-0.15, -0.1) is 0 Å². The van der Waals surface area contributed by atoms with E-state index in [4.69, 9.17) is 29.4 Å². The van der Waals surface area contributed by atoms with Crippen molar-refractivity contribution in [3.63, 3.8) is 0 Å². The molecule has 0 aromatic rings. The molecule has 10 nitrogen and oxygen atoms in total. The molecule has 3 atom stereocenters. The van der Waals surface area contributed by atoms with Crippen LogP contribution in [0.2, 0.25) is 0 Å². The van der Waals surface area contributed by atoms with E-state index in [9.17, 15) is 19.0 Å². The molecule has 0 aliphatic carbocycles. The number of carboxylic acids is 1. The first kappa shape index (κ1) is 62.4. The van der Waals surface area contributed by atoms with E-state index in [-0.39, 0.29) is 13.0 Å². The molecule has 4 N–H and O–H groups in total. The number of carbonyl (C=O) groups excluding carboxylic acids is 1. The number of hydrogen-bond donors (Lipinski definition) is 3. The van der Waals surface area contributed by atoms with Crippen LogP contribution in [-0.4, -0.2) is 60.5 Å². The van der Waals surface area contributed by atoms with E-state index in [1.54, 1.807) is 0 Å². The molecule has 0 radical (unpaired) electrons. The van der Waals surface area contributed by atoms with Gasteiger partial charge in [-0.05, 0) is 64.2 Å². The number of allylic oxidation sites excluding steroid dienone is 12. The van der Waals surface area contributed by atoms with Gasteiger partial charge in [-0.25, -0.2) is 4.57 Å². The van der Waals surface area contributed by atoms with E-state index in [0.29, 0.717) is 13.0 Å². The number of phosphoric ester groups is 1. The third-order valence-corrected chi connectivity index (χ3v) is 12.0. The minimum Gasteiger partial charge on any atom is -0.480 e. The lowest BCUT2D eigenvalue weighted by Crippen LogP contribution is -2.34. The molecule has 376 valence electrons. The van der Waals surface area contributed by atoms with Crippen LogP contribution in [0.4, 0.5) is 0 Å². The van der Waals surface area contributed by atoms with Crippen molar-refractivity contribution in [1.29, 1.82) is 0 Å². The van der Waals surface area contributed by atoms with Crippen LogP contribution in [0, 0.1) is 0 Å². The van der Waals surface area contributed by atoms with Gasteiger partial charge in [0, 0.05) is 13.0 Å². The standard InChI is InChI=1S/C54H96NO9P/c1-3-5-7-9-11-13-15-17-19-21-23-24-25-26-27-29-31-33-35-37-39-41-43-45-47-61-48-51(49-62-65(59,60)63-50-52(55)54(57)58)64-53(56)46-44-42-40-38-36-34-32-30-28-22-20-18-16-14-12-10-8-6-4-2/h5,7,11,13,17,19,23-24,26-27,31,33,51-52H,3-4,6,8-10,12,14-16,18,20-22,25,28-30,32,34-50,55H2,1-2H3,(H,57,58)(H,59,60)/b7-5-,13-11-,19-17-,24-23-,27-26-,33-31-. The first-order valence-electron chi connectivity index (χ1n) is 26.0. The summed E-state index contributed by atoms with van der Waals surface area (Å²) in [6.07, 6.45) is 62.4. The zero-order valence-corrected chi connectivity index (χ0v) is 42.2. The third kappa shape index (κ3) is 49.1. The maximum absolute atomic E-state index is 12.7. The first-order valence-corrected chi connectivity index (χ1v) is 27.5. The summed E-state index contributed by atoms with van der Waals surface area (Å²) in [7, 11) is -4.63. The molecule has 0 bridgehead atoms. The van der Waals surface area contributed by atoms with Gasteiger partial charge in [-0.3, -0.25) is 18.6 Å². The molecular weight excluding hydrogens is 838 g/mol. The molecule has 0 spiro atoms. The Bertz CT molecular complexity index is 1310. The van der Waals surface area contributed by atoms with Crippen LogP contribution >= 0.6 is 7.82 Å². The van der Waals surface area contributed by atoms with Gasteiger partial charge >= 0.3 is 19.8 Å². The number of hydrogen-bond acceptors (Lipinski definition) is 8. The highest BCUT2D eigenvalue weighted by molar-refractivity contribution is 7.47. The van der Waals surface area contributed by atoms with Crippen molar-refractivity contribution in [3.8, 4) is 0 Å². The molecular formula is C54H96NO9P. The van der Waals surface area contributed by atoms with Gasteiger partial charge in [0.25, 0.3) is 0 Å². The normalized spacial score (nSPS) is 14.3. The van der Waals surface area contributed by atoms with E-state index in [1.807, 2.05) is 0 Å².